The fourth-order valence-electron chi connectivity index (χ4n) is 5.33. The van der Waals surface area contributed by atoms with Crippen molar-refractivity contribution in [1.29, 1.82) is 0 Å². The first-order valence-corrected chi connectivity index (χ1v) is 9.05. The summed E-state index contributed by atoms with van der Waals surface area (Å²) in [7, 11) is 0. The van der Waals surface area contributed by atoms with Crippen molar-refractivity contribution in [2.24, 2.45) is 11.8 Å². The van der Waals surface area contributed by atoms with Gasteiger partial charge in [0.05, 0.1) is 0 Å². The third-order valence-corrected chi connectivity index (χ3v) is 7.19. The Bertz CT molecular complexity index is 401. The summed E-state index contributed by atoms with van der Waals surface area (Å²) in [6, 6.07) is 0. The molecule has 0 radical (unpaired) electrons. The van der Waals surface area contributed by atoms with E-state index in [0.717, 1.165) is 21.8 Å². The smallest absolute Gasteiger partial charge is 0.134 e. The molecule has 110 valence electrons. The van der Waals surface area contributed by atoms with Crippen molar-refractivity contribution in [3.8, 4) is 0 Å². The first kappa shape index (κ1) is 13.4. The largest absolute Gasteiger partial charge is 0.368 e. The first-order chi connectivity index (χ1) is 9.58. The van der Waals surface area contributed by atoms with Crippen LogP contribution in [-0.4, -0.2) is 21.1 Å². The van der Waals surface area contributed by atoms with Gasteiger partial charge in [-0.2, -0.15) is 0 Å². The van der Waals surface area contributed by atoms with Gasteiger partial charge in [0.1, 0.15) is 9.98 Å². The lowest BCUT2D eigenvalue weighted by molar-refractivity contribution is 0.375. The summed E-state index contributed by atoms with van der Waals surface area (Å²) in [6.07, 6.45) is 13.3. The van der Waals surface area contributed by atoms with Crippen LogP contribution in [0.5, 0.6) is 0 Å². The predicted molar refractivity (Wildman–Crippen MR) is 90.1 cm³/mol. The molecule has 4 fully saturated rings. The SMILES string of the molecule is S=C(NC12CCC(CC1)C2)C(=S)NC12CCC(CC1)C2. The lowest BCUT2D eigenvalue weighted by Gasteiger charge is -2.33. The van der Waals surface area contributed by atoms with Crippen molar-refractivity contribution in [2.45, 2.75) is 75.3 Å². The van der Waals surface area contributed by atoms with E-state index in [-0.39, 0.29) is 0 Å². The molecule has 0 aromatic rings. The van der Waals surface area contributed by atoms with Crippen LogP contribution in [0.2, 0.25) is 0 Å². The van der Waals surface area contributed by atoms with E-state index >= 15 is 0 Å². The van der Waals surface area contributed by atoms with Crippen LogP contribution in [0.1, 0.15) is 64.2 Å². The van der Waals surface area contributed by atoms with Crippen molar-refractivity contribution in [1.82, 2.24) is 10.6 Å². The molecule has 0 unspecified atom stereocenters. The van der Waals surface area contributed by atoms with Crippen molar-refractivity contribution in [3.63, 3.8) is 0 Å². The zero-order valence-corrected chi connectivity index (χ0v) is 13.7. The molecular weight excluding hydrogens is 284 g/mol. The van der Waals surface area contributed by atoms with E-state index in [1.807, 2.05) is 0 Å². The normalized spacial score (nSPS) is 44.8. The monoisotopic (exact) mass is 308 g/mol. The summed E-state index contributed by atoms with van der Waals surface area (Å²) in [5.74, 6) is 1.88. The van der Waals surface area contributed by atoms with E-state index in [1.165, 1.54) is 64.2 Å². The van der Waals surface area contributed by atoms with Crippen molar-refractivity contribution in [3.05, 3.63) is 0 Å². The maximum absolute atomic E-state index is 5.60. The zero-order valence-electron chi connectivity index (χ0n) is 12.0. The second kappa shape index (κ2) is 4.64. The molecule has 4 heteroatoms. The minimum absolute atomic E-state index is 0.291. The van der Waals surface area contributed by atoms with Crippen LogP contribution in [0.4, 0.5) is 0 Å². The molecule has 0 heterocycles. The highest BCUT2D eigenvalue weighted by Gasteiger charge is 2.47. The Labute approximate surface area is 132 Å². The van der Waals surface area contributed by atoms with Crippen LogP contribution in [-0.2, 0) is 0 Å². The Morgan fingerprint density at radius 3 is 1.30 bits per heavy atom. The van der Waals surface area contributed by atoms with Gasteiger partial charge in [0.15, 0.2) is 0 Å². The van der Waals surface area contributed by atoms with E-state index in [4.69, 9.17) is 24.4 Å². The van der Waals surface area contributed by atoms with Gasteiger partial charge in [-0.1, -0.05) is 24.4 Å². The number of hydrogen-bond donors (Lipinski definition) is 2. The molecule has 4 saturated carbocycles. The Morgan fingerprint density at radius 1 is 0.700 bits per heavy atom. The minimum Gasteiger partial charge on any atom is -0.368 e. The Kier molecular flexibility index (Phi) is 3.12. The quantitative estimate of drug-likeness (QED) is 0.763. The molecule has 2 nitrogen and oxygen atoms in total. The molecule has 4 rings (SSSR count). The van der Waals surface area contributed by atoms with Crippen molar-refractivity contribution in [2.75, 3.05) is 0 Å². The zero-order chi connectivity index (χ0) is 13.8. The van der Waals surface area contributed by atoms with E-state index < -0.39 is 0 Å². The maximum atomic E-state index is 5.60. The maximum Gasteiger partial charge on any atom is 0.134 e. The van der Waals surface area contributed by atoms with E-state index in [2.05, 4.69) is 10.6 Å². The van der Waals surface area contributed by atoms with Crippen LogP contribution in [0.15, 0.2) is 0 Å². The molecule has 4 aliphatic carbocycles. The number of thiocarbonyl (C=S) groups is 2. The molecular formula is C16H24N2S2. The first-order valence-electron chi connectivity index (χ1n) is 8.23. The second-order valence-corrected chi connectivity index (χ2v) is 8.58. The number of rotatable bonds is 2. The predicted octanol–water partition coefficient (Wildman–Crippen LogP) is 3.49. The molecule has 0 atom stereocenters. The van der Waals surface area contributed by atoms with Crippen LogP contribution < -0.4 is 10.6 Å². The third kappa shape index (κ3) is 2.19. The lowest BCUT2D eigenvalue weighted by Crippen LogP contribution is -2.53. The molecule has 0 spiro atoms. The topological polar surface area (TPSA) is 24.1 Å². The molecule has 0 aliphatic heterocycles. The highest BCUT2D eigenvalue weighted by Crippen LogP contribution is 2.48. The molecule has 0 amide bonds. The molecule has 4 bridgehead atoms. The van der Waals surface area contributed by atoms with Gasteiger partial charge in [0, 0.05) is 11.1 Å². The summed E-state index contributed by atoms with van der Waals surface area (Å²) in [5.41, 5.74) is 0.581. The Hall–Kier alpha value is -0.220. The second-order valence-electron chi connectivity index (χ2n) is 7.76. The standard InChI is InChI=1S/C16H24N2S2/c19-13(17-15-5-1-11(9-15)2-6-15)14(20)18-16-7-3-12(10-16)4-8-16/h11-12H,1-10H2,(H,17,19)(H,18,20). The summed E-state index contributed by atoms with van der Waals surface area (Å²) in [5, 5.41) is 7.28. The Morgan fingerprint density at radius 2 is 1.05 bits per heavy atom. The van der Waals surface area contributed by atoms with Crippen LogP contribution >= 0.6 is 24.4 Å². The highest BCUT2D eigenvalue weighted by atomic mass is 32.1. The lowest BCUT2D eigenvalue weighted by atomic mass is 9.93. The van der Waals surface area contributed by atoms with Gasteiger partial charge in [-0.25, -0.2) is 0 Å². The Balaban J connectivity index is 1.38. The highest BCUT2D eigenvalue weighted by molar-refractivity contribution is 7.89. The van der Waals surface area contributed by atoms with Crippen LogP contribution in [0, 0.1) is 11.8 Å². The van der Waals surface area contributed by atoms with Gasteiger partial charge in [0.25, 0.3) is 0 Å². The molecule has 4 aliphatic rings. The van der Waals surface area contributed by atoms with Gasteiger partial charge in [-0.15, -0.1) is 0 Å². The van der Waals surface area contributed by atoms with Gasteiger partial charge in [-0.3, -0.25) is 0 Å². The molecule has 0 aromatic heterocycles. The molecule has 0 aromatic carbocycles. The summed E-state index contributed by atoms with van der Waals surface area (Å²) < 4.78 is 0. The van der Waals surface area contributed by atoms with Gasteiger partial charge in [-0.05, 0) is 76.0 Å². The van der Waals surface area contributed by atoms with Crippen molar-refractivity contribution >= 4 is 34.4 Å². The minimum atomic E-state index is 0.291. The van der Waals surface area contributed by atoms with Gasteiger partial charge in [0.2, 0.25) is 0 Å². The fraction of sp³-hybridized carbons (Fsp3) is 0.875. The molecule has 20 heavy (non-hydrogen) atoms. The van der Waals surface area contributed by atoms with E-state index in [1.54, 1.807) is 0 Å². The average Bonchev–Trinajstić information content (AvgIpc) is 3.17. The van der Waals surface area contributed by atoms with Gasteiger partial charge < -0.3 is 10.6 Å². The fourth-order valence-corrected chi connectivity index (χ4v) is 5.86. The number of nitrogens with one attached hydrogen (secondary N) is 2. The van der Waals surface area contributed by atoms with Crippen LogP contribution in [0.25, 0.3) is 0 Å². The third-order valence-electron chi connectivity index (χ3n) is 6.45. The number of fused-ring (bicyclic) bond motifs is 4. The summed E-state index contributed by atoms with van der Waals surface area (Å²) >= 11 is 11.2. The van der Waals surface area contributed by atoms with Crippen molar-refractivity contribution < 1.29 is 0 Å². The molecule has 2 N–H and O–H groups in total. The van der Waals surface area contributed by atoms with Gasteiger partial charge >= 0.3 is 0 Å². The number of hydrogen-bond acceptors (Lipinski definition) is 2. The summed E-state index contributed by atoms with van der Waals surface area (Å²) in [4.78, 5) is 1.62. The summed E-state index contributed by atoms with van der Waals surface area (Å²) in [6.45, 7) is 0. The average molecular weight is 309 g/mol. The van der Waals surface area contributed by atoms with E-state index in [9.17, 15) is 0 Å². The van der Waals surface area contributed by atoms with Crippen LogP contribution in [0.3, 0.4) is 0 Å². The van der Waals surface area contributed by atoms with E-state index in [0.29, 0.717) is 11.1 Å². The molecule has 0 saturated heterocycles.